The lowest BCUT2D eigenvalue weighted by atomic mass is 9.62. The third kappa shape index (κ3) is 3.42. The molecule has 2 aromatic rings. The summed E-state index contributed by atoms with van der Waals surface area (Å²) < 4.78 is 0. The average molecular weight is 339 g/mol. The van der Waals surface area contributed by atoms with E-state index in [0.717, 1.165) is 5.75 Å². The third-order valence-corrected chi connectivity index (χ3v) is 7.66. The van der Waals surface area contributed by atoms with Crippen LogP contribution >= 0.6 is 11.8 Å². The van der Waals surface area contributed by atoms with E-state index >= 15 is 0 Å². The predicted octanol–water partition coefficient (Wildman–Crippen LogP) is 6.77. The van der Waals surface area contributed by atoms with Crippen LogP contribution in [0, 0.1) is 12.3 Å². The monoisotopic (exact) mass is 338 g/mol. The first-order chi connectivity index (χ1) is 11.6. The minimum atomic E-state index is 0.248. The second kappa shape index (κ2) is 7.35. The molecule has 0 radical (unpaired) electrons. The second-order valence-corrected chi connectivity index (χ2v) is 8.87. The summed E-state index contributed by atoms with van der Waals surface area (Å²) in [5.74, 6) is 2.31. The summed E-state index contributed by atoms with van der Waals surface area (Å²) in [5.41, 5.74) is 5.09. The number of thioether (sulfide) groups is 1. The number of rotatable bonds is 6. The predicted molar refractivity (Wildman–Crippen MR) is 108 cm³/mol. The van der Waals surface area contributed by atoms with Gasteiger partial charge in [-0.25, -0.2) is 0 Å². The van der Waals surface area contributed by atoms with Crippen molar-refractivity contribution in [3.63, 3.8) is 0 Å². The van der Waals surface area contributed by atoms with Crippen LogP contribution in [0.5, 0.6) is 0 Å². The number of aryl methyl sites for hydroxylation is 1. The first kappa shape index (κ1) is 17.6. The zero-order chi connectivity index (χ0) is 17.0. The lowest BCUT2D eigenvalue weighted by Crippen LogP contribution is -2.42. The van der Waals surface area contributed by atoms with Crippen molar-refractivity contribution < 1.29 is 0 Å². The largest absolute Gasteiger partial charge is 0.156 e. The molecule has 1 atom stereocenters. The van der Waals surface area contributed by atoms with Gasteiger partial charge in [-0.2, -0.15) is 11.8 Å². The van der Waals surface area contributed by atoms with Crippen LogP contribution in [0.2, 0.25) is 0 Å². The van der Waals surface area contributed by atoms with Gasteiger partial charge in [0.1, 0.15) is 0 Å². The normalized spacial score (nSPS) is 19.1. The summed E-state index contributed by atoms with van der Waals surface area (Å²) in [5, 5.41) is 0. The van der Waals surface area contributed by atoms with Crippen molar-refractivity contribution in [2.75, 3.05) is 5.75 Å². The zero-order valence-electron chi connectivity index (χ0n) is 15.3. The molecule has 1 heteroatoms. The fourth-order valence-corrected chi connectivity index (χ4v) is 5.83. The van der Waals surface area contributed by atoms with E-state index in [9.17, 15) is 0 Å². The van der Waals surface area contributed by atoms with E-state index in [1.807, 2.05) is 0 Å². The summed E-state index contributed by atoms with van der Waals surface area (Å²) >= 11 is 2.11. The molecule has 0 aromatic heterocycles. The standard InChI is InChI=1S/C23H30S/c1-19-11-7-8-12-20(19)17-24-18-23(3,21-13-5-4-6-14-21)22(2)15-9-10-16-22/h4-8,11-14H,9-10,15-18H2,1-3H3/t23-/m1/s1. The Balaban J connectivity index is 1.80. The van der Waals surface area contributed by atoms with Crippen molar-refractivity contribution in [2.45, 2.75) is 57.6 Å². The van der Waals surface area contributed by atoms with Gasteiger partial charge in [-0.05, 0) is 41.9 Å². The average Bonchev–Trinajstić information content (AvgIpc) is 3.05. The highest BCUT2D eigenvalue weighted by molar-refractivity contribution is 7.98. The Labute approximate surface area is 152 Å². The van der Waals surface area contributed by atoms with Crippen LogP contribution in [0.25, 0.3) is 0 Å². The Hall–Kier alpha value is -1.21. The van der Waals surface area contributed by atoms with Crippen LogP contribution in [0.15, 0.2) is 54.6 Å². The molecule has 1 aliphatic rings. The van der Waals surface area contributed by atoms with Gasteiger partial charge in [0.05, 0.1) is 0 Å². The van der Waals surface area contributed by atoms with E-state index in [1.165, 1.54) is 48.1 Å². The van der Waals surface area contributed by atoms with E-state index < -0.39 is 0 Å². The van der Waals surface area contributed by atoms with E-state index in [4.69, 9.17) is 0 Å². The highest BCUT2D eigenvalue weighted by Gasteiger charge is 2.46. The van der Waals surface area contributed by atoms with Gasteiger partial charge in [-0.3, -0.25) is 0 Å². The van der Waals surface area contributed by atoms with Crippen molar-refractivity contribution in [3.05, 3.63) is 71.3 Å². The van der Waals surface area contributed by atoms with Crippen LogP contribution in [0.1, 0.15) is 56.2 Å². The molecule has 3 rings (SSSR count). The smallest absolute Gasteiger partial charge is 0.0187 e. The summed E-state index contributed by atoms with van der Waals surface area (Å²) in [4.78, 5) is 0. The second-order valence-electron chi connectivity index (χ2n) is 7.89. The third-order valence-electron chi connectivity index (χ3n) is 6.36. The van der Waals surface area contributed by atoms with Gasteiger partial charge in [0.25, 0.3) is 0 Å². The minimum Gasteiger partial charge on any atom is -0.156 e. The molecule has 1 saturated carbocycles. The summed E-state index contributed by atoms with van der Waals surface area (Å²) in [6, 6.07) is 20.0. The molecule has 1 aliphatic carbocycles. The lowest BCUT2D eigenvalue weighted by Gasteiger charge is -2.45. The van der Waals surface area contributed by atoms with Gasteiger partial charge in [0.2, 0.25) is 0 Å². The van der Waals surface area contributed by atoms with Crippen LogP contribution in [0.3, 0.4) is 0 Å². The molecule has 0 aliphatic heterocycles. The number of hydrogen-bond acceptors (Lipinski definition) is 1. The Kier molecular flexibility index (Phi) is 5.39. The van der Waals surface area contributed by atoms with Crippen LogP contribution in [-0.2, 0) is 11.2 Å². The highest BCUT2D eigenvalue weighted by Crippen LogP contribution is 2.53. The molecule has 0 saturated heterocycles. The van der Waals surface area contributed by atoms with E-state index in [0.29, 0.717) is 5.41 Å². The summed E-state index contributed by atoms with van der Waals surface area (Å²) in [6.45, 7) is 7.27. The van der Waals surface area contributed by atoms with E-state index in [1.54, 1.807) is 0 Å². The van der Waals surface area contributed by atoms with Crippen molar-refractivity contribution in [2.24, 2.45) is 5.41 Å². The van der Waals surface area contributed by atoms with Crippen molar-refractivity contribution in [1.82, 2.24) is 0 Å². The quantitative estimate of drug-likeness (QED) is 0.560. The minimum absolute atomic E-state index is 0.248. The van der Waals surface area contributed by atoms with Gasteiger partial charge in [-0.15, -0.1) is 0 Å². The molecule has 0 amide bonds. The summed E-state index contributed by atoms with van der Waals surface area (Å²) in [6.07, 6.45) is 5.51. The van der Waals surface area contributed by atoms with Crippen molar-refractivity contribution in [3.8, 4) is 0 Å². The molecule has 0 heterocycles. The molecule has 0 bridgehead atoms. The molecular formula is C23H30S. The molecule has 2 aromatic carbocycles. The summed E-state index contributed by atoms with van der Waals surface area (Å²) in [7, 11) is 0. The lowest BCUT2D eigenvalue weighted by molar-refractivity contribution is 0.183. The molecule has 24 heavy (non-hydrogen) atoms. The Morgan fingerprint density at radius 3 is 2.25 bits per heavy atom. The Morgan fingerprint density at radius 1 is 0.958 bits per heavy atom. The highest BCUT2D eigenvalue weighted by atomic mass is 32.2. The van der Waals surface area contributed by atoms with Gasteiger partial charge in [-0.1, -0.05) is 81.3 Å². The van der Waals surface area contributed by atoms with Crippen LogP contribution in [0.4, 0.5) is 0 Å². The Morgan fingerprint density at radius 2 is 1.58 bits per heavy atom. The van der Waals surface area contributed by atoms with Gasteiger partial charge in [0, 0.05) is 16.9 Å². The molecule has 0 unspecified atom stereocenters. The van der Waals surface area contributed by atoms with E-state index in [-0.39, 0.29) is 5.41 Å². The van der Waals surface area contributed by atoms with E-state index in [2.05, 4.69) is 87.1 Å². The maximum atomic E-state index is 2.53. The topological polar surface area (TPSA) is 0 Å². The molecule has 1 fully saturated rings. The Bertz CT molecular complexity index is 655. The maximum absolute atomic E-state index is 2.53. The van der Waals surface area contributed by atoms with Gasteiger partial charge >= 0.3 is 0 Å². The fraction of sp³-hybridized carbons (Fsp3) is 0.478. The van der Waals surface area contributed by atoms with Gasteiger partial charge in [0.15, 0.2) is 0 Å². The molecule has 128 valence electrons. The maximum Gasteiger partial charge on any atom is 0.0187 e. The first-order valence-electron chi connectivity index (χ1n) is 9.23. The van der Waals surface area contributed by atoms with Crippen molar-refractivity contribution >= 4 is 11.8 Å². The SMILES string of the molecule is Cc1ccccc1CSC[C@](C)(c1ccccc1)C1(C)CCCC1. The molecule has 0 N–H and O–H groups in total. The molecular weight excluding hydrogens is 308 g/mol. The van der Waals surface area contributed by atoms with Crippen molar-refractivity contribution in [1.29, 1.82) is 0 Å². The number of benzene rings is 2. The molecule has 0 nitrogen and oxygen atoms in total. The number of hydrogen-bond donors (Lipinski definition) is 0. The fourth-order valence-electron chi connectivity index (χ4n) is 4.26. The van der Waals surface area contributed by atoms with Crippen LogP contribution in [-0.4, -0.2) is 5.75 Å². The van der Waals surface area contributed by atoms with Crippen LogP contribution < -0.4 is 0 Å². The van der Waals surface area contributed by atoms with Gasteiger partial charge < -0.3 is 0 Å². The first-order valence-corrected chi connectivity index (χ1v) is 10.4. The molecule has 0 spiro atoms. The zero-order valence-corrected chi connectivity index (χ0v) is 16.2.